The summed E-state index contributed by atoms with van der Waals surface area (Å²) in [7, 11) is 1.42. The summed E-state index contributed by atoms with van der Waals surface area (Å²) in [6.07, 6.45) is 2.45. The van der Waals surface area contributed by atoms with Crippen molar-refractivity contribution in [1.82, 2.24) is 4.98 Å². The largest absolute Gasteiger partial charge is 0.494 e. The van der Waals surface area contributed by atoms with Crippen molar-refractivity contribution in [2.24, 2.45) is 0 Å². The van der Waals surface area contributed by atoms with E-state index in [0.29, 0.717) is 17.3 Å². The van der Waals surface area contributed by atoms with Gasteiger partial charge in [0.05, 0.1) is 23.4 Å². The second kappa shape index (κ2) is 11.0. The van der Waals surface area contributed by atoms with Crippen LogP contribution in [0.15, 0.2) is 53.9 Å². The Bertz CT molecular complexity index is 915. The lowest BCUT2D eigenvalue weighted by Gasteiger charge is -2.18. The third-order valence-electron chi connectivity index (χ3n) is 3.88. The molecule has 0 radical (unpaired) electrons. The Labute approximate surface area is 174 Å². The summed E-state index contributed by atoms with van der Waals surface area (Å²) in [4.78, 5) is 15.0. The second-order valence-electron chi connectivity index (χ2n) is 6.10. The van der Waals surface area contributed by atoms with Crippen molar-refractivity contribution in [3.63, 3.8) is 0 Å². The highest BCUT2D eigenvalue weighted by Gasteiger charge is 2.12. The number of anilines is 2. The molecule has 0 fully saturated rings. The van der Waals surface area contributed by atoms with Crippen molar-refractivity contribution >= 4 is 28.8 Å². The van der Waals surface area contributed by atoms with Gasteiger partial charge in [0, 0.05) is 5.38 Å². The van der Waals surface area contributed by atoms with Crippen LogP contribution in [0.4, 0.5) is 11.5 Å². The number of thiazole rings is 1. The van der Waals surface area contributed by atoms with Crippen LogP contribution in [0, 0.1) is 6.92 Å². The van der Waals surface area contributed by atoms with Crippen molar-refractivity contribution in [2.75, 3.05) is 17.7 Å². The molecule has 0 aliphatic rings. The molecule has 0 amide bonds. The molecule has 8 heteroatoms. The van der Waals surface area contributed by atoms with E-state index in [9.17, 15) is 10.0 Å². The first kappa shape index (κ1) is 22.2. The molecule has 154 valence electrons. The van der Waals surface area contributed by atoms with Crippen molar-refractivity contribution in [2.45, 2.75) is 26.7 Å². The molecule has 0 spiro atoms. The Morgan fingerprint density at radius 3 is 2.52 bits per heavy atom. The number of aromatic carboxylic acids is 1. The molecule has 3 N–H and O–H groups in total. The summed E-state index contributed by atoms with van der Waals surface area (Å²) < 4.78 is 5.10. The molecule has 0 saturated carbocycles. The smallest absolute Gasteiger partial charge is 0.335 e. The van der Waals surface area contributed by atoms with E-state index >= 15 is 0 Å². The molecule has 7 nitrogen and oxygen atoms in total. The van der Waals surface area contributed by atoms with Gasteiger partial charge < -0.3 is 9.84 Å². The van der Waals surface area contributed by atoms with Gasteiger partial charge in [0.15, 0.2) is 5.82 Å². The molecule has 0 aliphatic carbocycles. The Balaban J connectivity index is 0.000000278. The van der Waals surface area contributed by atoms with Gasteiger partial charge in [0.1, 0.15) is 5.75 Å². The van der Waals surface area contributed by atoms with Gasteiger partial charge in [-0.2, -0.15) is 0 Å². The van der Waals surface area contributed by atoms with Crippen LogP contribution in [0.3, 0.4) is 0 Å². The van der Waals surface area contributed by atoms with E-state index in [0.717, 1.165) is 10.2 Å². The summed E-state index contributed by atoms with van der Waals surface area (Å²) >= 11 is 1.40. The van der Waals surface area contributed by atoms with Crippen LogP contribution >= 0.6 is 11.3 Å². The van der Waals surface area contributed by atoms with E-state index in [2.05, 4.69) is 47.7 Å². The number of rotatable bonds is 7. The third kappa shape index (κ3) is 6.78. The number of methoxy groups -OCH3 is 1. The van der Waals surface area contributed by atoms with E-state index in [1.165, 1.54) is 55.1 Å². The van der Waals surface area contributed by atoms with Gasteiger partial charge in [-0.3, -0.25) is 10.6 Å². The Morgan fingerprint density at radius 2 is 1.97 bits per heavy atom. The molecule has 0 bridgehead atoms. The molecule has 0 atom stereocenters. The Hall–Kier alpha value is -3.10. The molecule has 29 heavy (non-hydrogen) atoms. The molecule has 3 rings (SSSR count). The van der Waals surface area contributed by atoms with E-state index in [1.54, 1.807) is 5.38 Å². The highest BCUT2D eigenvalue weighted by molar-refractivity contribution is 7.09. The number of nitrogens with zero attached hydrogens (tertiary/aromatic N) is 2. The number of ether oxygens (including phenoxy) is 1. The summed E-state index contributed by atoms with van der Waals surface area (Å²) in [5.41, 5.74) is 4.64. The number of hydrogen-bond acceptors (Lipinski definition) is 7. The van der Waals surface area contributed by atoms with Gasteiger partial charge in [0.25, 0.3) is 0 Å². The van der Waals surface area contributed by atoms with Crippen LogP contribution in [0.1, 0.15) is 34.3 Å². The minimum Gasteiger partial charge on any atom is -0.494 e. The molecular formula is C21H25N3O4S. The lowest BCUT2D eigenvalue weighted by Crippen LogP contribution is -2.26. The van der Waals surface area contributed by atoms with Crippen LogP contribution in [-0.2, 0) is 6.42 Å². The predicted octanol–water partition coefficient (Wildman–Crippen LogP) is 5.02. The van der Waals surface area contributed by atoms with Gasteiger partial charge in [-0.25, -0.2) is 9.78 Å². The van der Waals surface area contributed by atoms with E-state index < -0.39 is 5.97 Å². The molecule has 2 aromatic carbocycles. The first-order chi connectivity index (χ1) is 13.9. The summed E-state index contributed by atoms with van der Waals surface area (Å²) in [5, 5.41) is 22.0. The number of carboxylic acid groups (broad SMARTS) is 1. The standard InChI is InChI=1S/C12H13N3O4S.C9H12/c1-7-13-11(6-20-7)15(18)14-9-4-3-8(12(16)17)5-10(9)19-2;1-2-6-9-7-4-3-5-8-9/h3-6,14,18H,1-2H3,(H,16,17);3-5,7-8H,2,6H2,1H3. The van der Waals surface area contributed by atoms with Gasteiger partial charge >= 0.3 is 5.97 Å². The second-order valence-corrected chi connectivity index (χ2v) is 7.17. The van der Waals surface area contributed by atoms with Crippen molar-refractivity contribution < 1.29 is 19.8 Å². The number of aryl methyl sites for hydroxylation is 2. The number of hydrazine groups is 1. The fraction of sp³-hybridized carbons (Fsp3) is 0.238. The van der Waals surface area contributed by atoms with Gasteiger partial charge in [0.2, 0.25) is 0 Å². The van der Waals surface area contributed by atoms with Crippen LogP contribution < -0.4 is 15.3 Å². The maximum Gasteiger partial charge on any atom is 0.335 e. The number of carboxylic acids is 1. The fourth-order valence-corrected chi connectivity index (χ4v) is 3.05. The van der Waals surface area contributed by atoms with Crippen LogP contribution in [0.25, 0.3) is 0 Å². The Kier molecular flexibility index (Phi) is 8.45. The van der Waals surface area contributed by atoms with Gasteiger partial charge in [-0.1, -0.05) is 43.7 Å². The van der Waals surface area contributed by atoms with E-state index in [4.69, 9.17) is 9.84 Å². The lowest BCUT2D eigenvalue weighted by atomic mass is 10.1. The van der Waals surface area contributed by atoms with E-state index in [1.807, 2.05) is 6.92 Å². The molecular weight excluding hydrogens is 390 g/mol. The molecule has 1 aromatic heterocycles. The first-order valence-corrected chi connectivity index (χ1v) is 9.95. The van der Waals surface area contributed by atoms with Crippen LogP contribution in [0.5, 0.6) is 5.75 Å². The normalized spacial score (nSPS) is 9.93. The average molecular weight is 416 g/mol. The minimum atomic E-state index is -1.05. The van der Waals surface area contributed by atoms with Gasteiger partial charge in [-0.15, -0.1) is 16.5 Å². The monoisotopic (exact) mass is 415 g/mol. The van der Waals surface area contributed by atoms with Crippen molar-refractivity contribution in [3.05, 3.63) is 70.0 Å². The van der Waals surface area contributed by atoms with Crippen molar-refractivity contribution in [1.29, 1.82) is 0 Å². The number of carbonyl (C=O) groups is 1. The Morgan fingerprint density at radius 1 is 1.24 bits per heavy atom. The number of benzene rings is 2. The van der Waals surface area contributed by atoms with E-state index in [-0.39, 0.29) is 5.56 Å². The average Bonchev–Trinajstić information content (AvgIpc) is 3.16. The zero-order valence-corrected chi connectivity index (χ0v) is 17.4. The highest BCUT2D eigenvalue weighted by Crippen LogP contribution is 2.27. The lowest BCUT2D eigenvalue weighted by molar-refractivity contribution is 0.0696. The maximum absolute atomic E-state index is 10.9. The topological polar surface area (TPSA) is 94.9 Å². The quantitative estimate of drug-likeness (QED) is 0.466. The minimum absolute atomic E-state index is 0.0985. The number of hydrogen-bond donors (Lipinski definition) is 3. The maximum atomic E-state index is 10.9. The highest BCUT2D eigenvalue weighted by atomic mass is 32.1. The summed E-state index contributed by atoms with van der Waals surface area (Å²) in [5.74, 6) is -0.404. The summed E-state index contributed by atoms with van der Waals surface area (Å²) in [6.45, 7) is 4.03. The third-order valence-corrected chi connectivity index (χ3v) is 4.64. The molecule has 3 aromatic rings. The van der Waals surface area contributed by atoms with Crippen LogP contribution in [-0.4, -0.2) is 28.4 Å². The fourth-order valence-electron chi connectivity index (χ4n) is 2.47. The SMILES string of the molecule is CCCc1ccccc1.COc1cc(C(=O)O)ccc1NN(O)c1csc(C)n1. The molecule has 0 saturated heterocycles. The predicted molar refractivity (Wildman–Crippen MR) is 115 cm³/mol. The number of nitrogens with one attached hydrogen (secondary N) is 1. The molecule has 0 unspecified atom stereocenters. The zero-order chi connectivity index (χ0) is 21.2. The molecule has 0 aliphatic heterocycles. The summed E-state index contributed by atoms with van der Waals surface area (Å²) in [6, 6.07) is 14.9. The van der Waals surface area contributed by atoms with Gasteiger partial charge in [-0.05, 0) is 37.1 Å². The molecule has 1 heterocycles. The zero-order valence-electron chi connectivity index (χ0n) is 16.6. The van der Waals surface area contributed by atoms with Crippen LogP contribution in [0.2, 0.25) is 0 Å². The first-order valence-electron chi connectivity index (χ1n) is 9.07. The van der Waals surface area contributed by atoms with Crippen molar-refractivity contribution in [3.8, 4) is 5.75 Å². The number of aromatic nitrogens is 1.